The van der Waals surface area contributed by atoms with Crippen LogP contribution in [0.4, 0.5) is 0 Å². The number of ether oxygens (including phenoxy) is 1. The van der Waals surface area contributed by atoms with E-state index in [0.717, 1.165) is 18.0 Å². The summed E-state index contributed by atoms with van der Waals surface area (Å²) in [6.07, 6.45) is 5.02. The lowest BCUT2D eigenvalue weighted by molar-refractivity contribution is 0.377. The smallest absolute Gasteiger partial charge is 0.127 e. The molecule has 1 heterocycles. The van der Waals surface area contributed by atoms with E-state index in [9.17, 15) is 0 Å². The Balaban J connectivity index is 1.61. The van der Waals surface area contributed by atoms with Gasteiger partial charge in [0, 0.05) is 6.54 Å². The molecule has 0 radical (unpaired) electrons. The summed E-state index contributed by atoms with van der Waals surface area (Å²) in [5.74, 6) is 1.75. The molecule has 2 aromatic rings. The van der Waals surface area contributed by atoms with E-state index in [4.69, 9.17) is 4.74 Å². The quantitative estimate of drug-likeness (QED) is 0.771. The van der Waals surface area contributed by atoms with Crippen molar-refractivity contribution in [2.24, 2.45) is 0 Å². The van der Waals surface area contributed by atoms with E-state index in [1.54, 1.807) is 0 Å². The van der Waals surface area contributed by atoms with E-state index in [0.29, 0.717) is 0 Å². The summed E-state index contributed by atoms with van der Waals surface area (Å²) >= 11 is 0. The zero-order valence-electron chi connectivity index (χ0n) is 13.2. The molecule has 1 fully saturated rings. The normalized spacial score (nSPS) is 16.0. The fourth-order valence-corrected chi connectivity index (χ4v) is 2.76. The topological polar surface area (TPSA) is 12.5 Å². The molecule has 0 unspecified atom stereocenters. The van der Waals surface area contributed by atoms with Crippen LogP contribution in [0.5, 0.6) is 11.5 Å². The summed E-state index contributed by atoms with van der Waals surface area (Å²) in [6, 6.07) is 18.2. The minimum atomic E-state index is 0.872. The number of likely N-dealkylation sites (tertiary alicyclic amines) is 1. The number of para-hydroxylation sites is 1. The number of hydrogen-bond donors (Lipinski definition) is 0. The van der Waals surface area contributed by atoms with E-state index < -0.39 is 0 Å². The van der Waals surface area contributed by atoms with Crippen LogP contribution in [0.3, 0.4) is 0 Å². The molecule has 0 aromatic heterocycles. The van der Waals surface area contributed by atoms with Gasteiger partial charge in [-0.15, -0.1) is 0 Å². The van der Waals surface area contributed by atoms with Crippen LogP contribution in [0.1, 0.15) is 25.3 Å². The highest BCUT2D eigenvalue weighted by Gasteiger charge is 2.09. The highest BCUT2D eigenvalue weighted by atomic mass is 16.5. The molecule has 0 amide bonds. The lowest BCUT2D eigenvalue weighted by atomic mass is 10.1. The molecule has 2 nitrogen and oxygen atoms in total. The largest absolute Gasteiger partial charge is 0.457 e. The molecule has 2 aromatic carbocycles. The maximum atomic E-state index is 5.83. The molecule has 1 aliphatic heterocycles. The molecular formula is C20H23NO. The average Bonchev–Trinajstić information content (AvgIpc) is 3.08. The van der Waals surface area contributed by atoms with Crippen molar-refractivity contribution < 1.29 is 4.74 Å². The molecule has 0 bridgehead atoms. The molecule has 1 aliphatic rings. The molecule has 0 atom stereocenters. The molecule has 0 N–H and O–H groups in total. The first-order valence-electron chi connectivity index (χ1n) is 8.04. The number of allylic oxidation sites excluding steroid dienone is 1. The van der Waals surface area contributed by atoms with Gasteiger partial charge in [-0.2, -0.15) is 0 Å². The van der Waals surface area contributed by atoms with Crippen LogP contribution in [0.15, 0.2) is 60.7 Å². The first-order chi connectivity index (χ1) is 10.8. The van der Waals surface area contributed by atoms with Crippen LogP contribution in [-0.4, -0.2) is 24.5 Å². The number of benzene rings is 2. The molecule has 0 aliphatic carbocycles. The fourth-order valence-electron chi connectivity index (χ4n) is 2.76. The Labute approximate surface area is 133 Å². The van der Waals surface area contributed by atoms with Crippen molar-refractivity contribution in [2.75, 3.05) is 19.6 Å². The highest BCUT2D eigenvalue weighted by Crippen LogP contribution is 2.23. The Morgan fingerprint density at radius 2 is 1.59 bits per heavy atom. The predicted molar refractivity (Wildman–Crippen MR) is 92.3 cm³/mol. The van der Waals surface area contributed by atoms with Crippen LogP contribution >= 0.6 is 0 Å². The Morgan fingerprint density at radius 3 is 2.27 bits per heavy atom. The number of nitrogens with zero attached hydrogens (tertiary/aromatic N) is 1. The molecule has 0 spiro atoms. The van der Waals surface area contributed by atoms with E-state index in [1.807, 2.05) is 42.5 Å². The summed E-state index contributed by atoms with van der Waals surface area (Å²) < 4.78 is 5.83. The zero-order chi connectivity index (χ0) is 15.2. The summed E-state index contributed by atoms with van der Waals surface area (Å²) in [7, 11) is 0. The van der Waals surface area contributed by atoms with Gasteiger partial charge in [-0.3, -0.25) is 4.90 Å². The molecule has 2 heteroatoms. The van der Waals surface area contributed by atoms with Gasteiger partial charge in [-0.1, -0.05) is 36.4 Å². The SMILES string of the molecule is CC(=CCN1CCCC1)c1ccc(Oc2ccccc2)cc1. The van der Waals surface area contributed by atoms with Crippen molar-refractivity contribution in [1.82, 2.24) is 4.90 Å². The second kappa shape index (κ2) is 7.28. The van der Waals surface area contributed by atoms with E-state index >= 15 is 0 Å². The van der Waals surface area contributed by atoms with Crippen molar-refractivity contribution >= 4 is 5.57 Å². The lowest BCUT2D eigenvalue weighted by Crippen LogP contribution is -2.18. The van der Waals surface area contributed by atoms with Crippen molar-refractivity contribution in [3.05, 3.63) is 66.2 Å². The van der Waals surface area contributed by atoms with Crippen molar-refractivity contribution in [2.45, 2.75) is 19.8 Å². The Hall–Kier alpha value is -2.06. The van der Waals surface area contributed by atoms with Crippen LogP contribution in [0.25, 0.3) is 5.57 Å². The third-order valence-electron chi connectivity index (χ3n) is 4.14. The molecule has 1 saturated heterocycles. The molecule has 3 rings (SSSR count). The van der Waals surface area contributed by atoms with E-state index in [-0.39, 0.29) is 0 Å². The fraction of sp³-hybridized carbons (Fsp3) is 0.300. The maximum absolute atomic E-state index is 5.83. The summed E-state index contributed by atoms with van der Waals surface area (Å²) in [6.45, 7) is 5.73. The van der Waals surface area contributed by atoms with E-state index in [1.165, 1.54) is 37.1 Å². The van der Waals surface area contributed by atoms with Gasteiger partial charge in [0.1, 0.15) is 11.5 Å². The van der Waals surface area contributed by atoms with Crippen molar-refractivity contribution in [3.63, 3.8) is 0 Å². The summed E-state index contributed by atoms with van der Waals surface area (Å²) in [5, 5.41) is 0. The summed E-state index contributed by atoms with van der Waals surface area (Å²) in [4.78, 5) is 2.51. The van der Waals surface area contributed by atoms with E-state index in [2.05, 4.69) is 30.0 Å². The molecule has 0 saturated carbocycles. The third-order valence-corrected chi connectivity index (χ3v) is 4.14. The van der Waals surface area contributed by atoms with Gasteiger partial charge >= 0.3 is 0 Å². The Kier molecular flexibility index (Phi) is 4.92. The predicted octanol–water partition coefficient (Wildman–Crippen LogP) is 4.98. The molecule has 114 valence electrons. The van der Waals surface area contributed by atoms with Gasteiger partial charge in [-0.25, -0.2) is 0 Å². The van der Waals surface area contributed by atoms with Gasteiger partial charge in [0.25, 0.3) is 0 Å². The third kappa shape index (κ3) is 3.99. The van der Waals surface area contributed by atoms with Gasteiger partial charge in [0.15, 0.2) is 0 Å². The second-order valence-corrected chi connectivity index (χ2v) is 5.83. The monoisotopic (exact) mass is 293 g/mol. The number of rotatable bonds is 5. The first kappa shape index (κ1) is 14.9. The lowest BCUT2D eigenvalue weighted by Gasteiger charge is -2.12. The number of hydrogen-bond acceptors (Lipinski definition) is 2. The van der Waals surface area contributed by atoms with Gasteiger partial charge in [0.05, 0.1) is 0 Å². The Bertz CT molecular complexity index is 610. The Morgan fingerprint density at radius 1 is 0.955 bits per heavy atom. The second-order valence-electron chi connectivity index (χ2n) is 5.83. The molecule has 22 heavy (non-hydrogen) atoms. The minimum absolute atomic E-state index is 0.872. The summed E-state index contributed by atoms with van der Waals surface area (Å²) in [5.41, 5.74) is 2.60. The highest BCUT2D eigenvalue weighted by molar-refractivity contribution is 5.64. The van der Waals surface area contributed by atoms with Crippen LogP contribution in [-0.2, 0) is 0 Å². The zero-order valence-corrected chi connectivity index (χ0v) is 13.2. The van der Waals surface area contributed by atoms with Crippen molar-refractivity contribution in [1.29, 1.82) is 0 Å². The maximum Gasteiger partial charge on any atom is 0.127 e. The average molecular weight is 293 g/mol. The van der Waals surface area contributed by atoms with Crippen LogP contribution in [0, 0.1) is 0 Å². The van der Waals surface area contributed by atoms with Gasteiger partial charge in [-0.05, 0) is 68.3 Å². The van der Waals surface area contributed by atoms with Crippen LogP contribution in [0.2, 0.25) is 0 Å². The standard InChI is InChI=1S/C20H23NO/c1-17(13-16-21-14-5-6-15-21)18-9-11-20(12-10-18)22-19-7-3-2-4-8-19/h2-4,7-13H,5-6,14-16H2,1H3. The van der Waals surface area contributed by atoms with Gasteiger partial charge in [0.2, 0.25) is 0 Å². The van der Waals surface area contributed by atoms with Gasteiger partial charge < -0.3 is 4.74 Å². The molecular weight excluding hydrogens is 270 g/mol. The minimum Gasteiger partial charge on any atom is -0.457 e. The van der Waals surface area contributed by atoms with Crippen LogP contribution < -0.4 is 4.74 Å². The van der Waals surface area contributed by atoms with Crippen molar-refractivity contribution in [3.8, 4) is 11.5 Å². The first-order valence-corrected chi connectivity index (χ1v) is 8.04.